The average Bonchev–Trinajstić information content (AvgIpc) is 2.78. The molecule has 0 spiro atoms. The number of piperidine rings is 1. The summed E-state index contributed by atoms with van der Waals surface area (Å²) in [4.78, 5) is 14.2. The van der Waals surface area contributed by atoms with Gasteiger partial charge in [-0.1, -0.05) is 11.6 Å². The molecule has 2 heterocycles. The van der Waals surface area contributed by atoms with Gasteiger partial charge in [-0.2, -0.15) is 4.31 Å². The van der Waals surface area contributed by atoms with E-state index in [0.29, 0.717) is 23.6 Å². The van der Waals surface area contributed by atoms with Crippen LogP contribution in [0.4, 0.5) is 10.5 Å². The third-order valence-corrected chi connectivity index (χ3v) is 7.78. The lowest BCUT2D eigenvalue weighted by atomic mass is 10.0. The number of benzene rings is 2. The fraction of sp³-hybridized carbons (Fsp3) is 0.381. The number of carbonyl (C=O) groups excluding carboxylic acids is 1. The molecule has 0 aliphatic carbocycles. The zero-order chi connectivity index (χ0) is 22.2. The second-order valence-corrected chi connectivity index (χ2v) is 9.69. The van der Waals surface area contributed by atoms with Crippen LogP contribution in [0, 0.1) is 0 Å². The van der Waals surface area contributed by atoms with Crippen molar-refractivity contribution < 1.29 is 27.4 Å². The van der Waals surface area contributed by atoms with E-state index in [1.807, 2.05) is 6.07 Å². The van der Waals surface area contributed by atoms with Crippen LogP contribution in [0.5, 0.6) is 11.5 Å². The molecule has 2 aromatic carbocycles. The molecule has 8 nitrogen and oxygen atoms in total. The summed E-state index contributed by atoms with van der Waals surface area (Å²) in [5, 5.41) is 0.574. The molecule has 2 aliphatic rings. The number of cyclic esters (lactones) is 1. The van der Waals surface area contributed by atoms with Gasteiger partial charge >= 0.3 is 6.09 Å². The maximum atomic E-state index is 13.3. The van der Waals surface area contributed by atoms with Crippen molar-refractivity contribution in [2.75, 3.05) is 32.2 Å². The topological polar surface area (TPSA) is 85.4 Å². The summed E-state index contributed by atoms with van der Waals surface area (Å²) in [6.45, 7) is 0.703. The Balaban J connectivity index is 1.55. The van der Waals surface area contributed by atoms with Gasteiger partial charge in [0.15, 0.2) is 0 Å². The van der Waals surface area contributed by atoms with Gasteiger partial charge in [-0.25, -0.2) is 13.2 Å². The first-order chi connectivity index (χ1) is 14.8. The van der Waals surface area contributed by atoms with Gasteiger partial charge in [0.2, 0.25) is 10.0 Å². The maximum Gasteiger partial charge on any atom is 0.414 e. The number of anilines is 1. The smallest absolute Gasteiger partial charge is 0.414 e. The number of halogens is 1. The van der Waals surface area contributed by atoms with Crippen LogP contribution in [0.2, 0.25) is 5.02 Å². The molecule has 31 heavy (non-hydrogen) atoms. The number of ether oxygens (including phenoxy) is 3. The number of nitrogens with zero attached hydrogens (tertiary/aromatic N) is 2. The number of amides is 1. The lowest BCUT2D eigenvalue weighted by Crippen LogP contribution is -2.50. The van der Waals surface area contributed by atoms with Crippen molar-refractivity contribution >= 4 is 33.4 Å². The van der Waals surface area contributed by atoms with E-state index in [2.05, 4.69) is 0 Å². The van der Waals surface area contributed by atoms with E-state index in [-0.39, 0.29) is 36.4 Å². The summed E-state index contributed by atoms with van der Waals surface area (Å²) in [6, 6.07) is 9.84. The summed E-state index contributed by atoms with van der Waals surface area (Å²) >= 11 is 6.07. The minimum absolute atomic E-state index is 0.0603. The van der Waals surface area contributed by atoms with Crippen LogP contribution in [0.3, 0.4) is 0 Å². The second kappa shape index (κ2) is 8.57. The Morgan fingerprint density at radius 3 is 2.48 bits per heavy atom. The fourth-order valence-electron chi connectivity index (χ4n) is 4.02. The summed E-state index contributed by atoms with van der Waals surface area (Å²) in [5.41, 5.74) is 1.60. The molecule has 0 unspecified atom stereocenters. The Morgan fingerprint density at radius 2 is 1.81 bits per heavy atom. The second-order valence-electron chi connectivity index (χ2n) is 7.35. The van der Waals surface area contributed by atoms with E-state index in [0.717, 1.165) is 11.3 Å². The van der Waals surface area contributed by atoms with Crippen molar-refractivity contribution in [3.8, 4) is 11.5 Å². The standard InChI is InChI=1S/C21H23ClN2O6S/c1-28-17-4-6-19(29-2)20(12-17)31(26,27)23-9-7-16(8-10-23)24-18-5-3-15(22)11-14(18)13-30-21(24)25/h3-6,11-12,16H,7-10,13H2,1-2H3. The van der Waals surface area contributed by atoms with Crippen molar-refractivity contribution in [3.05, 3.63) is 47.0 Å². The maximum absolute atomic E-state index is 13.3. The number of sulfonamides is 1. The van der Waals surface area contributed by atoms with Gasteiger partial charge in [-0.05, 0) is 43.2 Å². The highest BCUT2D eigenvalue weighted by Crippen LogP contribution is 2.36. The van der Waals surface area contributed by atoms with Crippen molar-refractivity contribution in [3.63, 3.8) is 0 Å². The Labute approximate surface area is 186 Å². The van der Waals surface area contributed by atoms with Crippen LogP contribution in [0.25, 0.3) is 0 Å². The molecule has 0 radical (unpaired) electrons. The van der Waals surface area contributed by atoms with E-state index in [9.17, 15) is 13.2 Å². The molecule has 0 N–H and O–H groups in total. The van der Waals surface area contributed by atoms with Gasteiger partial charge in [0.25, 0.3) is 0 Å². The van der Waals surface area contributed by atoms with E-state index in [1.54, 1.807) is 29.2 Å². The molecule has 2 aliphatic heterocycles. The first-order valence-corrected chi connectivity index (χ1v) is 11.6. The first kappa shape index (κ1) is 21.7. The van der Waals surface area contributed by atoms with Crippen LogP contribution in [0.1, 0.15) is 18.4 Å². The number of hydrogen-bond donors (Lipinski definition) is 0. The fourth-order valence-corrected chi connectivity index (χ4v) is 5.86. The molecule has 2 aromatic rings. The molecular weight excluding hydrogens is 444 g/mol. The van der Waals surface area contributed by atoms with Crippen molar-refractivity contribution in [1.29, 1.82) is 0 Å². The zero-order valence-corrected chi connectivity index (χ0v) is 18.8. The Hall–Kier alpha value is -2.49. The van der Waals surface area contributed by atoms with Crippen LogP contribution < -0.4 is 14.4 Å². The van der Waals surface area contributed by atoms with Crippen molar-refractivity contribution in [1.82, 2.24) is 4.31 Å². The SMILES string of the molecule is COc1ccc(OC)c(S(=O)(=O)N2CCC(N3C(=O)OCc4cc(Cl)ccc43)CC2)c1. The predicted octanol–water partition coefficient (Wildman–Crippen LogP) is 3.67. The molecule has 10 heteroatoms. The number of methoxy groups -OCH3 is 2. The Kier molecular flexibility index (Phi) is 6.00. The third kappa shape index (κ3) is 4.05. The summed E-state index contributed by atoms with van der Waals surface area (Å²) in [6.07, 6.45) is 0.524. The van der Waals surface area contributed by atoms with Gasteiger partial charge in [-0.3, -0.25) is 4.90 Å². The molecule has 1 saturated heterocycles. The minimum atomic E-state index is -3.80. The highest BCUT2D eigenvalue weighted by atomic mass is 35.5. The van der Waals surface area contributed by atoms with Gasteiger partial charge in [0.1, 0.15) is 23.0 Å². The van der Waals surface area contributed by atoms with Crippen LogP contribution in [0.15, 0.2) is 41.3 Å². The van der Waals surface area contributed by atoms with Crippen LogP contribution in [-0.2, 0) is 21.4 Å². The lowest BCUT2D eigenvalue weighted by Gasteiger charge is -2.39. The minimum Gasteiger partial charge on any atom is -0.497 e. The van der Waals surface area contributed by atoms with Gasteiger partial charge < -0.3 is 14.2 Å². The summed E-state index contributed by atoms with van der Waals surface area (Å²) in [5.74, 6) is 0.689. The van der Waals surface area contributed by atoms with Crippen LogP contribution >= 0.6 is 11.6 Å². The average molecular weight is 467 g/mol. The number of carbonyl (C=O) groups is 1. The molecule has 0 saturated carbocycles. The molecule has 1 amide bonds. The quantitative estimate of drug-likeness (QED) is 0.668. The molecule has 0 bridgehead atoms. The molecule has 166 valence electrons. The summed E-state index contributed by atoms with van der Waals surface area (Å²) < 4.78 is 43.7. The number of rotatable bonds is 5. The highest BCUT2D eigenvalue weighted by molar-refractivity contribution is 7.89. The molecule has 4 rings (SSSR count). The first-order valence-electron chi connectivity index (χ1n) is 9.81. The molecule has 0 aromatic heterocycles. The largest absolute Gasteiger partial charge is 0.497 e. The molecular formula is C21H23ClN2O6S. The Morgan fingerprint density at radius 1 is 1.06 bits per heavy atom. The highest BCUT2D eigenvalue weighted by Gasteiger charge is 2.38. The Bertz CT molecular complexity index is 1100. The monoisotopic (exact) mass is 466 g/mol. The lowest BCUT2D eigenvalue weighted by molar-refractivity contribution is 0.136. The number of fused-ring (bicyclic) bond motifs is 1. The van der Waals surface area contributed by atoms with Gasteiger partial charge in [0.05, 0.1) is 19.9 Å². The van der Waals surface area contributed by atoms with E-state index in [4.69, 9.17) is 25.8 Å². The van der Waals surface area contributed by atoms with E-state index < -0.39 is 16.1 Å². The van der Waals surface area contributed by atoms with Crippen molar-refractivity contribution in [2.24, 2.45) is 0 Å². The van der Waals surface area contributed by atoms with Gasteiger partial charge in [-0.15, -0.1) is 0 Å². The summed E-state index contributed by atoms with van der Waals surface area (Å²) in [7, 11) is -0.887. The predicted molar refractivity (Wildman–Crippen MR) is 115 cm³/mol. The number of hydrogen-bond acceptors (Lipinski definition) is 6. The van der Waals surface area contributed by atoms with E-state index >= 15 is 0 Å². The van der Waals surface area contributed by atoms with Crippen LogP contribution in [-0.4, -0.2) is 52.2 Å². The normalized spacial score (nSPS) is 17.8. The third-order valence-electron chi connectivity index (χ3n) is 5.63. The van der Waals surface area contributed by atoms with E-state index in [1.165, 1.54) is 24.6 Å². The molecule has 1 fully saturated rings. The molecule has 0 atom stereocenters. The zero-order valence-electron chi connectivity index (χ0n) is 17.2. The van der Waals surface area contributed by atoms with Crippen molar-refractivity contribution in [2.45, 2.75) is 30.4 Å². The van der Waals surface area contributed by atoms with Gasteiger partial charge in [0, 0.05) is 35.8 Å².